The lowest BCUT2D eigenvalue weighted by Crippen LogP contribution is -2.05. The zero-order valence-corrected chi connectivity index (χ0v) is 14.5. The monoisotopic (exact) mass is 329 g/mol. The molecular formula is C22H19NS. The summed E-state index contributed by atoms with van der Waals surface area (Å²) in [6.45, 7) is 2.14. The Balaban J connectivity index is 1.79. The van der Waals surface area contributed by atoms with Gasteiger partial charge in [0.15, 0.2) is 0 Å². The average molecular weight is 329 g/mol. The van der Waals surface area contributed by atoms with E-state index in [1.165, 1.54) is 27.3 Å². The molecule has 0 radical (unpaired) electrons. The van der Waals surface area contributed by atoms with Crippen molar-refractivity contribution in [3.63, 3.8) is 0 Å². The molecule has 0 aliphatic carbocycles. The molecule has 1 atom stereocenters. The molecule has 0 fully saturated rings. The maximum absolute atomic E-state index is 5.00. The highest BCUT2D eigenvalue weighted by molar-refractivity contribution is 7.99. The van der Waals surface area contributed by atoms with Gasteiger partial charge in [-0.05, 0) is 30.2 Å². The van der Waals surface area contributed by atoms with E-state index in [9.17, 15) is 0 Å². The van der Waals surface area contributed by atoms with E-state index in [1.54, 1.807) is 0 Å². The highest BCUT2D eigenvalue weighted by atomic mass is 32.2. The highest BCUT2D eigenvalue weighted by Crippen LogP contribution is 2.45. The second-order valence-electron chi connectivity index (χ2n) is 6.11. The van der Waals surface area contributed by atoms with Gasteiger partial charge in [0.1, 0.15) is 0 Å². The molecule has 0 unspecified atom stereocenters. The van der Waals surface area contributed by atoms with Crippen LogP contribution in [0.3, 0.4) is 0 Å². The largest absolute Gasteiger partial charge is 0.252 e. The standard InChI is InChI=1S/C22H19NS/c1-16-11-13-18(14-12-16)22-15-20(17-7-3-2-4-8-17)23-19-9-5-6-10-21(19)24-22/h2-14,22H,15H2,1H3/t22-/m1/s1. The van der Waals surface area contributed by atoms with Crippen molar-refractivity contribution >= 4 is 23.2 Å². The second-order valence-corrected chi connectivity index (χ2v) is 7.36. The minimum atomic E-state index is 0.383. The summed E-state index contributed by atoms with van der Waals surface area (Å²) >= 11 is 1.92. The maximum atomic E-state index is 5.00. The van der Waals surface area contributed by atoms with Crippen LogP contribution in [0, 0.1) is 6.92 Å². The Bertz CT molecular complexity index is 866. The van der Waals surface area contributed by atoms with Crippen LogP contribution in [0.5, 0.6) is 0 Å². The Hall–Kier alpha value is -2.32. The lowest BCUT2D eigenvalue weighted by Gasteiger charge is -2.16. The summed E-state index contributed by atoms with van der Waals surface area (Å²) in [4.78, 5) is 6.26. The van der Waals surface area contributed by atoms with Crippen molar-refractivity contribution in [2.24, 2.45) is 4.99 Å². The van der Waals surface area contributed by atoms with Crippen LogP contribution in [0.4, 0.5) is 5.69 Å². The Labute approximate surface area is 147 Å². The third-order valence-corrected chi connectivity index (χ3v) is 5.65. The summed E-state index contributed by atoms with van der Waals surface area (Å²) in [7, 11) is 0. The van der Waals surface area contributed by atoms with Crippen LogP contribution in [-0.2, 0) is 0 Å². The third kappa shape index (κ3) is 3.15. The van der Waals surface area contributed by atoms with Crippen LogP contribution in [0.2, 0.25) is 0 Å². The third-order valence-electron chi connectivity index (χ3n) is 4.32. The van der Waals surface area contributed by atoms with E-state index in [1.807, 2.05) is 11.8 Å². The zero-order valence-electron chi connectivity index (χ0n) is 13.6. The fraction of sp³-hybridized carbons (Fsp3) is 0.136. The van der Waals surface area contributed by atoms with Gasteiger partial charge in [-0.1, -0.05) is 72.3 Å². The van der Waals surface area contributed by atoms with E-state index >= 15 is 0 Å². The predicted molar refractivity (Wildman–Crippen MR) is 103 cm³/mol. The molecule has 3 aromatic carbocycles. The molecule has 24 heavy (non-hydrogen) atoms. The number of hydrogen-bond donors (Lipinski definition) is 0. The molecule has 0 N–H and O–H groups in total. The molecule has 0 aromatic heterocycles. The molecule has 0 saturated heterocycles. The van der Waals surface area contributed by atoms with Crippen LogP contribution >= 0.6 is 11.8 Å². The van der Waals surface area contributed by atoms with Gasteiger partial charge in [0, 0.05) is 22.3 Å². The molecule has 1 heterocycles. The van der Waals surface area contributed by atoms with E-state index in [2.05, 4.69) is 85.8 Å². The first-order valence-corrected chi connectivity index (χ1v) is 9.13. The molecule has 3 aromatic rings. The van der Waals surface area contributed by atoms with Gasteiger partial charge < -0.3 is 0 Å². The molecule has 118 valence electrons. The SMILES string of the molecule is Cc1ccc([C@H]2CC(c3ccccc3)=Nc3ccccc3S2)cc1. The van der Waals surface area contributed by atoms with E-state index in [0.717, 1.165) is 12.1 Å². The number of thioether (sulfide) groups is 1. The Morgan fingerprint density at radius 3 is 2.33 bits per heavy atom. The van der Waals surface area contributed by atoms with E-state index in [4.69, 9.17) is 4.99 Å². The molecule has 1 aliphatic heterocycles. The van der Waals surface area contributed by atoms with Gasteiger partial charge in [0.05, 0.1) is 5.69 Å². The minimum Gasteiger partial charge on any atom is -0.252 e. The van der Waals surface area contributed by atoms with Gasteiger partial charge in [-0.25, -0.2) is 0 Å². The van der Waals surface area contributed by atoms with Crippen molar-refractivity contribution < 1.29 is 0 Å². The number of aryl methyl sites for hydroxylation is 1. The average Bonchev–Trinajstić information content (AvgIpc) is 2.83. The van der Waals surface area contributed by atoms with Crippen LogP contribution in [-0.4, -0.2) is 5.71 Å². The number of rotatable bonds is 2. The number of benzene rings is 3. The summed E-state index contributed by atoms with van der Waals surface area (Å²) in [5.41, 5.74) is 6.13. The van der Waals surface area contributed by atoms with Crippen molar-refractivity contribution in [1.29, 1.82) is 0 Å². The van der Waals surface area contributed by atoms with Crippen molar-refractivity contribution in [1.82, 2.24) is 0 Å². The number of hydrogen-bond acceptors (Lipinski definition) is 2. The molecule has 2 heteroatoms. The smallest absolute Gasteiger partial charge is 0.0769 e. The van der Waals surface area contributed by atoms with E-state index in [0.29, 0.717) is 5.25 Å². The van der Waals surface area contributed by atoms with Crippen LogP contribution in [0.25, 0.3) is 0 Å². The molecule has 1 nitrogen and oxygen atoms in total. The quantitative estimate of drug-likeness (QED) is 0.533. The maximum Gasteiger partial charge on any atom is 0.0769 e. The van der Waals surface area contributed by atoms with Crippen LogP contribution < -0.4 is 0 Å². The molecule has 4 rings (SSSR count). The first-order chi connectivity index (χ1) is 11.8. The molecule has 0 bridgehead atoms. The second kappa shape index (κ2) is 6.66. The van der Waals surface area contributed by atoms with E-state index in [-0.39, 0.29) is 0 Å². The lowest BCUT2D eigenvalue weighted by molar-refractivity contribution is 1.01. The van der Waals surface area contributed by atoms with Gasteiger partial charge in [-0.3, -0.25) is 4.99 Å². The van der Waals surface area contributed by atoms with Crippen molar-refractivity contribution in [3.8, 4) is 0 Å². The number of aliphatic imine (C=N–C) groups is 1. The summed E-state index contributed by atoms with van der Waals surface area (Å²) in [5, 5.41) is 0.383. The fourth-order valence-corrected chi connectivity index (χ4v) is 4.22. The topological polar surface area (TPSA) is 12.4 Å². The predicted octanol–water partition coefficient (Wildman–Crippen LogP) is 6.35. The van der Waals surface area contributed by atoms with Gasteiger partial charge in [0.25, 0.3) is 0 Å². The summed E-state index contributed by atoms with van der Waals surface area (Å²) in [6, 6.07) is 27.9. The molecule has 1 aliphatic rings. The van der Waals surface area contributed by atoms with Crippen molar-refractivity contribution in [3.05, 3.63) is 95.6 Å². The number of fused-ring (bicyclic) bond motifs is 1. The first kappa shape index (κ1) is 15.2. The first-order valence-electron chi connectivity index (χ1n) is 8.25. The summed E-state index contributed by atoms with van der Waals surface area (Å²) < 4.78 is 0. The van der Waals surface area contributed by atoms with Crippen molar-refractivity contribution in [2.75, 3.05) is 0 Å². The van der Waals surface area contributed by atoms with Gasteiger partial charge in [0.2, 0.25) is 0 Å². The van der Waals surface area contributed by atoms with Crippen LogP contribution in [0.15, 0.2) is 88.8 Å². The summed E-state index contributed by atoms with van der Waals surface area (Å²) in [6.07, 6.45) is 0.937. The number of nitrogens with zero attached hydrogens (tertiary/aromatic N) is 1. The van der Waals surface area contributed by atoms with Crippen LogP contribution in [0.1, 0.15) is 28.4 Å². The summed E-state index contributed by atoms with van der Waals surface area (Å²) in [5.74, 6) is 0. The molecular weight excluding hydrogens is 310 g/mol. The van der Waals surface area contributed by atoms with E-state index < -0.39 is 0 Å². The number of para-hydroxylation sites is 1. The van der Waals surface area contributed by atoms with Gasteiger partial charge in [-0.15, -0.1) is 11.8 Å². The molecule has 0 spiro atoms. The molecule has 0 amide bonds. The zero-order chi connectivity index (χ0) is 16.4. The van der Waals surface area contributed by atoms with Gasteiger partial charge >= 0.3 is 0 Å². The lowest BCUT2D eigenvalue weighted by atomic mass is 10.0. The highest BCUT2D eigenvalue weighted by Gasteiger charge is 2.22. The minimum absolute atomic E-state index is 0.383. The Morgan fingerprint density at radius 2 is 1.54 bits per heavy atom. The Morgan fingerprint density at radius 1 is 0.833 bits per heavy atom. The van der Waals surface area contributed by atoms with Gasteiger partial charge in [-0.2, -0.15) is 0 Å². The molecule has 0 saturated carbocycles. The normalized spacial score (nSPS) is 16.9. The fourth-order valence-electron chi connectivity index (χ4n) is 2.99. The Kier molecular flexibility index (Phi) is 4.22. The van der Waals surface area contributed by atoms with Crippen molar-refractivity contribution in [2.45, 2.75) is 23.5 Å².